The molecule has 1 aromatic heterocycles. The van der Waals surface area contributed by atoms with Crippen molar-refractivity contribution in [2.75, 3.05) is 6.54 Å². The van der Waals surface area contributed by atoms with Gasteiger partial charge in [0.25, 0.3) is 0 Å². The van der Waals surface area contributed by atoms with Crippen LogP contribution in [-0.4, -0.2) is 28.4 Å². The van der Waals surface area contributed by atoms with Gasteiger partial charge in [-0.3, -0.25) is 4.79 Å². The molecule has 2 unspecified atom stereocenters. The maximum atomic E-state index is 11.9. The molecule has 0 bridgehead atoms. The minimum Gasteiger partial charge on any atom is -0.332 e. The van der Waals surface area contributed by atoms with Crippen LogP contribution in [0.4, 0.5) is 0 Å². The Hall–Kier alpha value is -0.940. The first-order chi connectivity index (χ1) is 7.99. The van der Waals surface area contributed by atoms with E-state index < -0.39 is 0 Å². The fourth-order valence-corrected chi connectivity index (χ4v) is 2.96. The number of nitrogens with two attached hydrogens (primary N) is 1. The zero-order valence-corrected chi connectivity index (χ0v) is 11.3. The van der Waals surface area contributed by atoms with E-state index >= 15 is 0 Å². The Morgan fingerprint density at radius 3 is 2.88 bits per heavy atom. The fourth-order valence-electron chi connectivity index (χ4n) is 2.32. The Labute approximate surface area is 106 Å². The van der Waals surface area contributed by atoms with E-state index in [4.69, 9.17) is 5.73 Å². The predicted molar refractivity (Wildman–Crippen MR) is 68.7 cm³/mol. The SMILES string of the molecule is Cc1nc(C2C(N)CC(=O)N2CC(C)C)cs1. The van der Waals surface area contributed by atoms with Crippen molar-refractivity contribution < 1.29 is 4.79 Å². The molecule has 0 saturated carbocycles. The van der Waals surface area contributed by atoms with E-state index in [1.165, 1.54) is 0 Å². The van der Waals surface area contributed by atoms with Crippen molar-refractivity contribution in [2.45, 2.75) is 39.3 Å². The van der Waals surface area contributed by atoms with E-state index in [2.05, 4.69) is 18.8 Å². The quantitative estimate of drug-likeness (QED) is 0.892. The molecule has 2 atom stereocenters. The molecule has 0 aliphatic carbocycles. The Kier molecular flexibility index (Phi) is 3.49. The van der Waals surface area contributed by atoms with Gasteiger partial charge in [0.15, 0.2) is 0 Å². The summed E-state index contributed by atoms with van der Waals surface area (Å²) < 4.78 is 0. The van der Waals surface area contributed by atoms with Crippen molar-refractivity contribution in [3.8, 4) is 0 Å². The van der Waals surface area contributed by atoms with E-state index in [-0.39, 0.29) is 18.0 Å². The molecule has 17 heavy (non-hydrogen) atoms. The number of aryl methyl sites for hydroxylation is 1. The van der Waals surface area contributed by atoms with E-state index in [9.17, 15) is 4.79 Å². The van der Waals surface area contributed by atoms with E-state index in [1.54, 1.807) is 11.3 Å². The van der Waals surface area contributed by atoms with Crippen LogP contribution in [0.1, 0.15) is 37.0 Å². The minimum absolute atomic E-state index is 0.0325. The van der Waals surface area contributed by atoms with Gasteiger partial charge in [-0.1, -0.05) is 13.8 Å². The molecule has 0 aromatic carbocycles. The molecule has 2 heterocycles. The Morgan fingerprint density at radius 2 is 2.35 bits per heavy atom. The van der Waals surface area contributed by atoms with Crippen molar-refractivity contribution in [1.29, 1.82) is 0 Å². The summed E-state index contributed by atoms with van der Waals surface area (Å²) in [7, 11) is 0. The molecule has 1 saturated heterocycles. The summed E-state index contributed by atoms with van der Waals surface area (Å²) in [6.45, 7) is 6.96. The van der Waals surface area contributed by atoms with Crippen molar-refractivity contribution in [1.82, 2.24) is 9.88 Å². The Bertz CT molecular complexity index is 416. The van der Waals surface area contributed by atoms with Gasteiger partial charge in [0, 0.05) is 24.4 Å². The minimum atomic E-state index is -0.122. The average molecular weight is 253 g/mol. The first kappa shape index (κ1) is 12.5. The van der Waals surface area contributed by atoms with Crippen molar-refractivity contribution in [3.63, 3.8) is 0 Å². The number of hydrogen-bond acceptors (Lipinski definition) is 4. The molecule has 1 aliphatic heterocycles. The highest BCUT2D eigenvalue weighted by Crippen LogP contribution is 2.33. The predicted octanol–water partition coefficient (Wildman–Crippen LogP) is 1.71. The second-order valence-electron chi connectivity index (χ2n) is 5.04. The van der Waals surface area contributed by atoms with Gasteiger partial charge in [0.2, 0.25) is 5.91 Å². The second-order valence-corrected chi connectivity index (χ2v) is 6.11. The molecular formula is C12H19N3OS. The van der Waals surface area contributed by atoms with Crippen molar-refractivity contribution in [2.24, 2.45) is 11.7 Å². The van der Waals surface area contributed by atoms with Crippen molar-refractivity contribution >= 4 is 17.2 Å². The van der Waals surface area contributed by atoms with Gasteiger partial charge in [0.05, 0.1) is 16.7 Å². The molecule has 2 rings (SSSR count). The number of thiazole rings is 1. The lowest BCUT2D eigenvalue weighted by Gasteiger charge is -2.27. The fraction of sp³-hybridized carbons (Fsp3) is 0.667. The molecule has 1 fully saturated rings. The lowest BCUT2D eigenvalue weighted by atomic mass is 10.1. The number of rotatable bonds is 3. The van der Waals surface area contributed by atoms with Crippen LogP contribution in [-0.2, 0) is 4.79 Å². The van der Waals surface area contributed by atoms with Gasteiger partial charge in [-0.2, -0.15) is 0 Å². The van der Waals surface area contributed by atoms with Gasteiger partial charge in [-0.25, -0.2) is 4.98 Å². The maximum absolute atomic E-state index is 11.9. The standard InChI is InChI=1S/C12H19N3OS/c1-7(2)5-15-11(16)4-9(13)12(15)10-6-17-8(3)14-10/h6-7,9,12H,4-5,13H2,1-3H3. The van der Waals surface area contributed by atoms with E-state index in [0.29, 0.717) is 12.3 Å². The van der Waals surface area contributed by atoms with Gasteiger partial charge in [-0.05, 0) is 12.8 Å². The first-order valence-electron chi connectivity index (χ1n) is 5.96. The third-order valence-electron chi connectivity index (χ3n) is 2.97. The lowest BCUT2D eigenvalue weighted by molar-refractivity contribution is -0.129. The van der Waals surface area contributed by atoms with Crippen LogP contribution in [0.3, 0.4) is 0 Å². The summed E-state index contributed by atoms with van der Waals surface area (Å²) >= 11 is 1.61. The van der Waals surface area contributed by atoms with Gasteiger partial charge < -0.3 is 10.6 Å². The molecule has 2 N–H and O–H groups in total. The number of hydrogen-bond donors (Lipinski definition) is 1. The molecule has 4 nitrogen and oxygen atoms in total. The van der Waals surface area contributed by atoms with E-state index in [0.717, 1.165) is 17.2 Å². The molecular weight excluding hydrogens is 234 g/mol. The van der Waals surface area contributed by atoms with Crippen LogP contribution in [0.5, 0.6) is 0 Å². The zero-order chi connectivity index (χ0) is 12.6. The topological polar surface area (TPSA) is 59.2 Å². The van der Waals surface area contributed by atoms with Crippen LogP contribution in [0.25, 0.3) is 0 Å². The number of carbonyl (C=O) groups is 1. The first-order valence-corrected chi connectivity index (χ1v) is 6.84. The van der Waals surface area contributed by atoms with Crippen LogP contribution in [0.2, 0.25) is 0 Å². The normalized spacial score (nSPS) is 25.0. The average Bonchev–Trinajstić information content (AvgIpc) is 2.72. The molecule has 1 aromatic rings. The third-order valence-corrected chi connectivity index (χ3v) is 3.77. The van der Waals surface area contributed by atoms with Crippen LogP contribution >= 0.6 is 11.3 Å². The summed E-state index contributed by atoms with van der Waals surface area (Å²) in [6.07, 6.45) is 0.438. The maximum Gasteiger partial charge on any atom is 0.224 e. The summed E-state index contributed by atoms with van der Waals surface area (Å²) in [5.74, 6) is 0.605. The number of aromatic nitrogens is 1. The lowest BCUT2D eigenvalue weighted by Crippen LogP contribution is -2.35. The number of carbonyl (C=O) groups excluding carboxylic acids is 1. The number of likely N-dealkylation sites (tertiary alicyclic amines) is 1. The summed E-state index contributed by atoms with van der Waals surface area (Å²) in [5.41, 5.74) is 7.03. The highest BCUT2D eigenvalue weighted by molar-refractivity contribution is 7.09. The summed E-state index contributed by atoms with van der Waals surface area (Å²) in [4.78, 5) is 18.3. The largest absolute Gasteiger partial charge is 0.332 e. The van der Waals surface area contributed by atoms with Crippen LogP contribution in [0.15, 0.2) is 5.38 Å². The highest BCUT2D eigenvalue weighted by Gasteiger charge is 2.39. The molecule has 5 heteroatoms. The molecule has 1 amide bonds. The number of nitrogens with zero attached hydrogens (tertiary/aromatic N) is 2. The van der Waals surface area contributed by atoms with Crippen molar-refractivity contribution in [3.05, 3.63) is 16.1 Å². The molecule has 94 valence electrons. The summed E-state index contributed by atoms with van der Waals surface area (Å²) in [6, 6.07) is -0.155. The Balaban J connectivity index is 2.25. The highest BCUT2D eigenvalue weighted by atomic mass is 32.1. The van der Waals surface area contributed by atoms with Crippen LogP contribution in [0, 0.1) is 12.8 Å². The van der Waals surface area contributed by atoms with E-state index in [1.807, 2.05) is 17.2 Å². The summed E-state index contributed by atoms with van der Waals surface area (Å²) in [5, 5.41) is 3.04. The second kappa shape index (κ2) is 4.74. The van der Waals surface area contributed by atoms with Crippen LogP contribution < -0.4 is 5.73 Å². The number of amides is 1. The van der Waals surface area contributed by atoms with Gasteiger partial charge in [-0.15, -0.1) is 11.3 Å². The van der Waals surface area contributed by atoms with Gasteiger partial charge in [0.1, 0.15) is 0 Å². The monoisotopic (exact) mass is 253 g/mol. The molecule has 1 aliphatic rings. The molecule has 0 spiro atoms. The third kappa shape index (κ3) is 2.50. The zero-order valence-electron chi connectivity index (χ0n) is 10.5. The Morgan fingerprint density at radius 1 is 1.65 bits per heavy atom. The molecule has 0 radical (unpaired) electrons. The smallest absolute Gasteiger partial charge is 0.224 e. The van der Waals surface area contributed by atoms with Gasteiger partial charge >= 0.3 is 0 Å².